The Hall–Kier alpha value is -0.790. The van der Waals surface area contributed by atoms with Gasteiger partial charge in [0.15, 0.2) is 5.96 Å². The summed E-state index contributed by atoms with van der Waals surface area (Å²) < 4.78 is 1.94. The monoisotopic (exact) mass is 407 g/mol. The molecule has 0 radical (unpaired) electrons. The number of hydrogen-bond acceptors (Lipinski definition) is 2. The van der Waals surface area contributed by atoms with Crippen molar-refractivity contribution in [1.82, 2.24) is 20.4 Å². The van der Waals surface area contributed by atoms with Crippen LogP contribution in [0, 0.1) is 19.8 Å². The summed E-state index contributed by atoms with van der Waals surface area (Å²) in [5, 5.41) is 11.1. The lowest BCUT2D eigenvalue weighted by molar-refractivity contribution is 0.573. The number of aromatic nitrogens is 2. The molecule has 0 fully saturated rings. The van der Waals surface area contributed by atoms with Crippen LogP contribution < -0.4 is 10.6 Å². The number of guanidine groups is 1. The Morgan fingerprint density at radius 1 is 1.24 bits per heavy atom. The third-order valence-corrected chi connectivity index (χ3v) is 3.56. The SMILES string of the molecule is CN=C(NCCc1c(C)nn(C)c1C)NCCC(C)C.I. The van der Waals surface area contributed by atoms with E-state index in [0.29, 0.717) is 5.92 Å². The molecule has 1 rings (SSSR count). The van der Waals surface area contributed by atoms with Crippen LogP contribution in [0.2, 0.25) is 0 Å². The standard InChI is InChI=1S/C15H29N5.HI/c1-11(2)7-9-17-15(16-5)18-10-8-14-12(3)19-20(6)13(14)4;/h11H,7-10H2,1-6H3,(H2,16,17,18);1H. The molecule has 21 heavy (non-hydrogen) atoms. The minimum Gasteiger partial charge on any atom is -0.356 e. The van der Waals surface area contributed by atoms with Gasteiger partial charge in [0.05, 0.1) is 5.69 Å². The van der Waals surface area contributed by atoms with Crippen LogP contribution in [0.15, 0.2) is 4.99 Å². The van der Waals surface area contributed by atoms with E-state index in [9.17, 15) is 0 Å². The lowest BCUT2D eigenvalue weighted by atomic mass is 10.1. The van der Waals surface area contributed by atoms with Crippen molar-refractivity contribution in [3.8, 4) is 0 Å². The van der Waals surface area contributed by atoms with Crippen LogP contribution in [0.25, 0.3) is 0 Å². The van der Waals surface area contributed by atoms with Crippen molar-refractivity contribution in [3.05, 3.63) is 17.0 Å². The Kier molecular flexibility index (Phi) is 9.65. The van der Waals surface area contributed by atoms with Crippen molar-refractivity contribution >= 4 is 29.9 Å². The van der Waals surface area contributed by atoms with Crippen molar-refractivity contribution in [2.75, 3.05) is 20.1 Å². The Balaban J connectivity index is 0.00000400. The predicted molar refractivity (Wildman–Crippen MR) is 101 cm³/mol. The van der Waals surface area contributed by atoms with Gasteiger partial charge < -0.3 is 10.6 Å². The fourth-order valence-corrected chi connectivity index (χ4v) is 2.19. The molecule has 0 bridgehead atoms. The summed E-state index contributed by atoms with van der Waals surface area (Å²) >= 11 is 0. The smallest absolute Gasteiger partial charge is 0.190 e. The van der Waals surface area contributed by atoms with Gasteiger partial charge in [-0.05, 0) is 38.2 Å². The van der Waals surface area contributed by atoms with Crippen LogP contribution in [0.3, 0.4) is 0 Å². The fraction of sp³-hybridized carbons (Fsp3) is 0.733. The molecule has 0 spiro atoms. The van der Waals surface area contributed by atoms with Gasteiger partial charge in [-0.3, -0.25) is 9.67 Å². The maximum atomic E-state index is 4.44. The second-order valence-corrected chi connectivity index (χ2v) is 5.63. The molecule has 0 amide bonds. The number of aryl methyl sites for hydroxylation is 2. The van der Waals surface area contributed by atoms with Crippen molar-refractivity contribution in [3.63, 3.8) is 0 Å². The van der Waals surface area contributed by atoms with E-state index >= 15 is 0 Å². The number of nitrogens with zero attached hydrogens (tertiary/aromatic N) is 3. The predicted octanol–water partition coefficient (Wildman–Crippen LogP) is 2.41. The van der Waals surface area contributed by atoms with Crippen LogP contribution in [0.5, 0.6) is 0 Å². The largest absolute Gasteiger partial charge is 0.356 e. The van der Waals surface area contributed by atoms with Gasteiger partial charge in [0.1, 0.15) is 0 Å². The number of rotatable bonds is 6. The highest BCUT2D eigenvalue weighted by atomic mass is 127. The second-order valence-electron chi connectivity index (χ2n) is 5.63. The van der Waals surface area contributed by atoms with E-state index in [1.54, 1.807) is 0 Å². The van der Waals surface area contributed by atoms with Crippen molar-refractivity contribution in [1.29, 1.82) is 0 Å². The lowest BCUT2D eigenvalue weighted by Crippen LogP contribution is -2.39. The zero-order valence-electron chi connectivity index (χ0n) is 14.2. The van der Waals surface area contributed by atoms with Crippen LogP contribution in [-0.2, 0) is 13.5 Å². The molecule has 0 aliphatic heterocycles. The Bertz CT molecular complexity index is 451. The third kappa shape index (κ3) is 6.67. The van der Waals surface area contributed by atoms with Gasteiger partial charge in [0, 0.05) is 32.9 Å². The minimum atomic E-state index is 0. The average Bonchev–Trinajstić information content (AvgIpc) is 2.62. The number of aliphatic imine (C=N–C) groups is 1. The number of hydrogen-bond donors (Lipinski definition) is 2. The van der Waals surface area contributed by atoms with Crippen LogP contribution in [0.4, 0.5) is 0 Å². The highest BCUT2D eigenvalue weighted by Crippen LogP contribution is 2.11. The Labute approximate surface area is 146 Å². The van der Waals surface area contributed by atoms with Gasteiger partial charge >= 0.3 is 0 Å². The van der Waals surface area contributed by atoms with Gasteiger partial charge in [0.25, 0.3) is 0 Å². The van der Waals surface area contributed by atoms with E-state index in [-0.39, 0.29) is 24.0 Å². The highest BCUT2D eigenvalue weighted by molar-refractivity contribution is 14.0. The summed E-state index contributed by atoms with van der Waals surface area (Å²) in [6.07, 6.45) is 2.12. The minimum absolute atomic E-state index is 0. The molecule has 0 saturated carbocycles. The maximum Gasteiger partial charge on any atom is 0.190 e. The molecule has 0 aliphatic carbocycles. The molecule has 0 saturated heterocycles. The normalized spacial score (nSPS) is 11.5. The van der Waals surface area contributed by atoms with Gasteiger partial charge in [-0.2, -0.15) is 5.10 Å². The Morgan fingerprint density at radius 3 is 2.33 bits per heavy atom. The molecule has 122 valence electrons. The topological polar surface area (TPSA) is 54.2 Å². The second kappa shape index (κ2) is 10.0. The van der Waals surface area contributed by atoms with E-state index in [1.165, 1.54) is 11.3 Å². The molecule has 1 aromatic rings. The first kappa shape index (κ1) is 20.2. The first-order valence-electron chi connectivity index (χ1n) is 7.39. The van der Waals surface area contributed by atoms with Crippen LogP contribution in [0.1, 0.15) is 37.2 Å². The van der Waals surface area contributed by atoms with E-state index in [4.69, 9.17) is 0 Å². The van der Waals surface area contributed by atoms with Gasteiger partial charge in [-0.25, -0.2) is 0 Å². The number of nitrogens with one attached hydrogen (secondary N) is 2. The van der Waals surface area contributed by atoms with E-state index in [0.717, 1.165) is 37.6 Å². The van der Waals surface area contributed by atoms with Gasteiger partial charge in [-0.15, -0.1) is 24.0 Å². The van der Waals surface area contributed by atoms with Crippen molar-refractivity contribution in [2.24, 2.45) is 18.0 Å². The summed E-state index contributed by atoms with van der Waals surface area (Å²) in [5.74, 6) is 1.59. The molecule has 2 N–H and O–H groups in total. The first-order chi connectivity index (χ1) is 9.45. The van der Waals surface area contributed by atoms with Gasteiger partial charge in [0.2, 0.25) is 0 Å². The van der Waals surface area contributed by atoms with Crippen LogP contribution in [-0.4, -0.2) is 35.9 Å². The van der Waals surface area contributed by atoms with Crippen molar-refractivity contribution < 1.29 is 0 Å². The number of halogens is 1. The summed E-state index contributed by atoms with van der Waals surface area (Å²) in [6.45, 7) is 10.5. The highest BCUT2D eigenvalue weighted by Gasteiger charge is 2.08. The summed E-state index contributed by atoms with van der Waals surface area (Å²) in [7, 11) is 3.80. The Morgan fingerprint density at radius 2 is 1.86 bits per heavy atom. The first-order valence-corrected chi connectivity index (χ1v) is 7.39. The molecule has 0 unspecified atom stereocenters. The zero-order chi connectivity index (χ0) is 15.1. The summed E-state index contributed by atoms with van der Waals surface area (Å²) in [6, 6.07) is 0. The molecule has 0 atom stereocenters. The zero-order valence-corrected chi connectivity index (χ0v) is 16.5. The summed E-state index contributed by atoms with van der Waals surface area (Å²) in [4.78, 5) is 4.24. The molecule has 0 aromatic carbocycles. The molecule has 6 heteroatoms. The molecule has 0 aliphatic rings. The van der Waals surface area contributed by atoms with Gasteiger partial charge in [-0.1, -0.05) is 13.8 Å². The third-order valence-electron chi connectivity index (χ3n) is 3.56. The van der Waals surface area contributed by atoms with Crippen LogP contribution >= 0.6 is 24.0 Å². The quantitative estimate of drug-likeness (QED) is 0.433. The molecular weight excluding hydrogens is 377 g/mol. The fourth-order valence-electron chi connectivity index (χ4n) is 2.19. The molecule has 5 nitrogen and oxygen atoms in total. The molecule has 1 heterocycles. The summed E-state index contributed by atoms with van der Waals surface area (Å²) in [5.41, 5.74) is 3.69. The van der Waals surface area contributed by atoms with E-state index < -0.39 is 0 Å². The van der Waals surface area contributed by atoms with E-state index in [2.05, 4.69) is 48.4 Å². The average molecular weight is 407 g/mol. The van der Waals surface area contributed by atoms with Crippen molar-refractivity contribution in [2.45, 2.75) is 40.5 Å². The maximum absolute atomic E-state index is 4.44. The lowest BCUT2D eigenvalue weighted by Gasteiger charge is -2.13. The molecule has 1 aromatic heterocycles. The molecular formula is C15H30IN5. The van der Waals surface area contributed by atoms with E-state index in [1.807, 2.05) is 18.8 Å².